The molecule has 2 saturated heterocycles. The Hall–Kier alpha value is -4.57. The Morgan fingerprint density at radius 2 is 1.78 bits per heavy atom. The molecule has 0 saturated carbocycles. The molecule has 5 rings (SSSR count). The second-order valence-electron chi connectivity index (χ2n) is 13.7. The first-order chi connectivity index (χ1) is 23.6. The van der Waals surface area contributed by atoms with Crippen LogP contribution < -0.4 is 30.9 Å². The summed E-state index contributed by atoms with van der Waals surface area (Å²) in [6.07, 6.45) is 2.41. The van der Waals surface area contributed by atoms with Crippen LogP contribution in [0, 0.1) is 11.2 Å². The highest BCUT2D eigenvalue weighted by Gasteiger charge is 2.42. The molecule has 3 amide bonds. The maximum Gasteiger partial charge on any atom is 0.247 e. The van der Waals surface area contributed by atoms with E-state index in [9.17, 15) is 22.8 Å². The van der Waals surface area contributed by atoms with E-state index in [1.165, 1.54) is 24.4 Å². The van der Waals surface area contributed by atoms with E-state index >= 15 is 4.39 Å². The molecule has 270 valence electrons. The number of sulfone groups is 1. The molecule has 0 spiro atoms. The van der Waals surface area contributed by atoms with Crippen LogP contribution in [0.4, 0.5) is 27.3 Å². The number of benzene rings is 2. The number of anilines is 4. The van der Waals surface area contributed by atoms with Crippen LogP contribution in [0.15, 0.2) is 36.7 Å². The second-order valence-corrected chi connectivity index (χ2v) is 16.0. The molecule has 4 N–H and O–H groups in total. The Bertz CT molecular complexity index is 1870. The molecule has 16 heteroatoms. The van der Waals surface area contributed by atoms with Gasteiger partial charge in [0, 0.05) is 36.8 Å². The minimum atomic E-state index is -3.11. The fourth-order valence-electron chi connectivity index (χ4n) is 6.11. The number of amides is 3. The van der Waals surface area contributed by atoms with E-state index in [0.717, 1.165) is 0 Å². The van der Waals surface area contributed by atoms with Crippen LogP contribution in [0.2, 0.25) is 0 Å². The summed E-state index contributed by atoms with van der Waals surface area (Å²) in [4.78, 5) is 52.4. The second kappa shape index (κ2) is 14.7. The topological polar surface area (TPSA) is 175 Å². The number of aromatic nitrogens is 2. The summed E-state index contributed by atoms with van der Waals surface area (Å²) >= 11 is 0. The Labute approximate surface area is 291 Å². The quantitative estimate of drug-likeness (QED) is 0.243. The average Bonchev–Trinajstić information content (AvgIpc) is 3.57. The number of ether oxygens (including phenoxy) is 1. The zero-order valence-corrected chi connectivity index (χ0v) is 30.0. The first-order valence-electron chi connectivity index (χ1n) is 16.6. The number of likely N-dealkylation sites (tertiary alicyclic amines) is 1. The molecule has 1 aromatic heterocycles. The van der Waals surface area contributed by atoms with E-state index in [1.54, 1.807) is 43.1 Å². The number of rotatable bonds is 10. The van der Waals surface area contributed by atoms with Gasteiger partial charge in [0.05, 0.1) is 41.5 Å². The number of fused-ring (bicyclic) bond motifs is 1. The lowest BCUT2D eigenvalue weighted by molar-refractivity contribution is -0.143. The molecule has 2 aliphatic heterocycles. The van der Waals surface area contributed by atoms with E-state index in [4.69, 9.17) is 4.74 Å². The molecule has 14 nitrogen and oxygen atoms in total. The number of methoxy groups -OCH3 is 1. The van der Waals surface area contributed by atoms with Crippen molar-refractivity contribution in [2.45, 2.75) is 58.7 Å². The molecule has 0 unspecified atom stereocenters. The van der Waals surface area contributed by atoms with E-state index in [2.05, 4.69) is 31.2 Å². The van der Waals surface area contributed by atoms with Crippen molar-refractivity contribution in [3.05, 3.63) is 42.5 Å². The van der Waals surface area contributed by atoms with Crippen molar-refractivity contribution in [3.63, 3.8) is 0 Å². The monoisotopic (exact) mass is 712 g/mol. The van der Waals surface area contributed by atoms with Crippen LogP contribution in [0.3, 0.4) is 0 Å². The number of halogens is 1. The summed E-state index contributed by atoms with van der Waals surface area (Å²) < 4.78 is 44.5. The van der Waals surface area contributed by atoms with Crippen molar-refractivity contribution >= 4 is 61.3 Å². The van der Waals surface area contributed by atoms with E-state index < -0.39 is 45.1 Å². The summed E-state index contributed by atoms with van der Waals surface area (Å²) in [7, 11) is 0.0201. The standard InChI is InChI=1S/C34H45FN8O6S/c1-20(36-5)31(44)41-29(34(2,3)4)33(46)43-11-7-8-27(43)32(45)40-25-17-22-24(18-28(25)49-6)37-19-38-30(22)39-21-9-10-26(23(35)16-21)42-12-14-50(47,48)15-13-42/h9-10,16-20,27,29,36H,7-8,11-15H2,1-6H3,(H,40,45)(H,41,44)(H,37,38,39)/t20-,27-,29+/m0/s1. The highest BCUT2D eigenvalue weighted by Crippen LogP contribution is 2.35. The third-order valence-corrected chi connectivity index (χ3v) is 10.8. The molecule has 2 aromatic carbocycles. The predicted octanol–water partition coefficient (Wildman–Crippen LogP) is 2.82. The van der Waals surface area contributed by atoms with E-state index in [1.807, 2.05) is 20.8 Å². The molecule has 0 bridgehead atoms. The van der Waals surface area contributed by atoms with Crippen molar-refractivity contribution in [1.82, 2.24) is 25.5 Å². The molecule has 2 aliphatic rings. The van der Waals surface area contributed by atoms with Gasteiger partial charge in [0.15, 0.2) is 9.84 Å². The van der Waals surface area contributed by atoms with Crippen LogP contribution in [-0.2, 0) is 24.2 Å². The molecule has 3 heterocycles. The molecule has 3 aromatic rings. The lowest BCUT2D eigenvalue weighted by atomic mass is 9.85. The largest absolute Gasteiger partial charge is 0.494 e. The van der Waals surface area contributed by atoms with Crippen LogP contribution in [-0.4, -0.2) is 104 Å². The Morgan fingerprint density at radius 1 is 1.06 bits per heavy atom. The van der Waals surface area contributed by atoms with Gasteiger partial charge in [-0.15, -0.1) is 0 Å². The molecule has 0 aliphatic carbocycles. The van der Waals surface area contributed by atoms with Gasteiger partial charge in [-0.3, -0.25) is 14.4 Å². The minimum Gasteiger partial charge on any atom is -0.494 e. The SMILES string of the molecule is CN[C@@H](C)C(=O)N[C@H](C(=O)N1CCC[C@H]1C(=O)Nc1cc2c(Nc3ccc(N4CCS(=O)(=O)CC4)c(F)c3)ncnc2cc1OC)C(C)(C)C. The minimum absolute atomic E-state index is 0.0251. The highest BCUT2D eigenvalue weighted by atomic mass is 32.2. The number of nitrogens with zero attached hydrogens (tertiary/aromatic N) is 4. The van der Waals surface area contributed by atoms with Gasteiger partial charge < -0.3 is 35.8 Å². The molecule has 0 radical (unpaired) electrons. The summed E-state index contributed by atoms with van der Waals surface area (Å²) in [5.41, 5.74) is 0.931. The highest BCUT2D eigenvalue weighted by molar-refractivity contribution is 7.91. The number of carbonyl (C=O) groups is 3. The maximum atomic E-state index is 15.2. The van der Waals surface area contributed by atoms with Crippen LogP contribution in [0.1, 0.15) is 40.5 Å². The van der Waals surface area contributed by atoms with E-state index in [-0.39, 0.29) is 36.4 Å². The summed E-state index contributed by atoms with van der Waals surface area (Å²) in [5.74, 6) is -0.931. The zero-order chi connectivity index (χ0) is 36.4. The maximum absolute atomic E-state index is 15.2. The molecular weight excluding hydrogens is 667 g/mol. The fraction of sp³-hybridized carbons (Fsp3) is 0.500. The zero-order valence-electron chi connectivity index (χ0n) is 29.2. The smallest absolute Gasteiger partial charge is 0.247 e. The van der Waals surface area contributed by atoms with E-state index in [0.29, 0.717) is 58.9 Å². The van der Waals surface area contributed by atoms with Crippen LogP contribution >= 0.6 is 0 Å². The van der Waals surface area contributed by atoms with Crippen LogP contribution in [0.25, 0.3) is 10.9 Å². The van der Waals surface area contributed by atoms with Crippen molar-refractivity contribution < 1.29 is 31.9 Å². The molecule has 3 atom stereocenters. The van der Waals surface area contributed by atoms with Gasteiger partial charge in [-0.25, -0.2) is 22.8 Å². The lowest BCUT2D eigenvalue weighted by Gasteiger charge is -2.36. The van der Waals surface area contributed by atoms with Crippen molar-refractivity contribution in [1.29, 1.82) is 0 Å². The van der Waals surface area contributed by atoms with Gasteiger partial charge in [0.25, 0.3) is 0 Å². The van der Waals surface area contributed by atoms with Crippen molar-refractivity contribution in [2.24, 2.45) is 5.41 Å². The molecule has 2 fully saturated rings. The number of hydrogen-bond donors (Lipinski definition) is 4. The van der Waals surface area contributed by atoms with Crippen molar-refractivity contribution in [3.8, 4) is 5.75 Å². The van der Waals surface area contributed by atoms with Gasteiger partial charge in [-0.05, 0) is 56.5 Å². The molecular formula is C34H45FN8O6S. The Kier molecular flexibility index (Phi) is 10.8. The number of nitrogens with one attached hydrogen (secondary N) is 4. The normalized spacial score (nSPS) is 18.7. The lowest BCUT2D eigenvalue weighted by Crippen LogP contribution is -2.59. The first-order valence-corrected chi connectivity index (χ1v) is 18.4. The number of likely N-dealkylation sites (N-methyl/N-ethyl adjacent to an activating group) is 1. The molecule has 50 heavy (non-hydrogen) atoms. The van der Waals surface area contributed by atoms with Gasteiger partial charge >= 0.3 is 0 Å². The predicted molar refractivity (Wildman–Crippen MR) is 190 cm³/mol. The average molecular weight is 713 g/mol. The first kappa shape index (κ1) is 36.7. The summed E-state index contributed by atoms with van der Waals surface area (Å²) in [6, 6.07) is 5.77. The van der Waals surface area contributed by atoms with Gasteiger partial charge in [0.1, 0.15) is 35.8 Å². The fourth-order valence-corrected chi connectivity index (χ4v) is 7.31. The van der Waals surface area contributed by atoms with Crippen LogP contribution in [0.5, 0.6) is 5.75 Å². The summed E-state index contributed by atoms with van der Waals surface area (Å²) in [6.45, 7) is 8.10. The number of carbonyl (C=O) groups excluding carboxylic acids is 3. The Balaban J connectivity index is 1.37. The summed E-state index contributed by atoms with van der Waals surface area (Å²) in [5, 5.41) is 12.3. The third kappa shape index (κ3) is 8.07. The van der Waals surface area contributed by atoms with Crippen molar-refractivity contribution in [2.75, 3.05) is 60.8 Å². The van der Waals surface area contributed by atoms with Gasteiger partial charge in [-0.1, -0.05) is 20.8 Å². The van der Waals surface area contributed by atoms with Gasteiger partial charge in [0.2, 0.25) is 17.7 Å². The number of hydrogen-bond acceptors (Lipinski definition) is 11. The third-order valence-electron chi connectivity index (χ3n) is 9.17. The Morgan fingerprint density at radius 3 is 2.42 bits per heavy atom. The van der Waals surface area contributed by atoms with Gasteiger partial charge in [-0.2, -0.15) is 0 Å².